The molecule has 0 fully saturated rings. The molecule has 4 aromatic carbocycles. The number of aromatic nitrogens is 4. The Bertz CT molecular complexity index is 2710. The van der Waals surface area contributed by atoms with E-state index < -0.39 is 21.6 Å². The number of aromatic amines is 2. The highest BCUT2D eigenvalue weighted by molar-refractivity contribution is 7.90. The summed E-state index contributed by atoms with van der Waals surface area (Å²) in [6, 6.07) is 24.7. The van der Waals surface area contributed by atoms with Crippen LogP contribution in [0.25, 0.3) is 11.4 Å². The monoisotopic (exact) mass is 834 g/mol. The fourth-order valence-electron chi connectivity index (χ4n) is 7.41. The Morgan fingerprint density at radius 1 is 0.707 bits per heavy atom. The van der Waals surface area contributed by atoms with Crippen molar-refractivity contribution in [1.82, 2.24) is 29.4 Å². The summed E-state index contributed by atoms with van der Waals surface area (Å²) >= 11 is 5.93. The molecule has 2 N–H and O–H groups in total. The molecule has 0 aliphatic carbocycles. The molecule has 5 heterocycles. The maximum atomic E-state index is 13.0. The Morgan fingerprint density at radius 3 is 1.88 bits per heavy atom. The molecule has 9 rings (SSSR count). The van der Waals surface area contributed by atoms with Crippen molar-refractivity contribution >= 4 is 21.4 Å². The molecule has 0 bridgehead atoms. The van der Waals surface area contributed by atoms with Crippen LogP contribution in [0.1, 0.15) is 39.2 Å². The van der Waals surface area contributed by atoms with Crippen LogP contribution >= 0.6 is 11.6 Å². The van der Waals surface area contributed by atoms with Crippen LogP contribution in [-0.4, -0.2) is 63.9 Å². The van der Waals surface area contributed by atoms with E-state index in [1.807, 2.05) is 29.2 Å². The number of hydrogen-bond acceptors (Lipinski definition) is 8. The number of sulfone groups is 1. The summed E-state index contributed by atoms with van der Waals surface area (Å²) in [4.78, 5) is 30.2. The summed E-state index contributed by atoms with van der Waals surface area (Å²) in [5.41, 5.74) is 5.44. The van der Waals surface area contributed by atoms with Crippen molar-refractivity contribution in [2.75, 3.05) is 26.1 Å². The first kappa shape index (κ1) is 39.3. The fourth-order valence-corrected chi connectivity index (χ4v) is 8.17. The Balaban J connectivity index is 0.000000162. The number of nitrogens with zero attached hydrogens (tertiary/aromatic N) is 4. The Morgan fingerprint density at radius 2 is 1.28 bits per heavy atom. The lowest BCUT2D eigenvalue weighted by Gasteiger charge is -2.26. The predicted octanol–water partition coefficient (Wildman–Crippen LogP) is 6.25. The third-order valence-electron chi connectivity index (χ3n) is 10.4. The molecule has 3 aliphatic rings. The minimum absolute atomic E-state index is 0.0190. The summed E-state index contributed by atoms with van der Waals surface area (Å²) in [5.74, 6) is 1.22. The zero-order valence-corrected chi connectivity index (χ0v) is 32.8. The van der Waals surface area contributed by atoms with E-state index in [1.165, 1.54) is 23.1 Å². The Kier molecular flexibility index (Phi) is 10.6. The van der Waals surface area contributed by atoms with Crippen LogP contribution in [0.5, 0.6) is 11.5 Å². The second-order valence-electron chi connectivity index (χ2n) is 14.5. The number of fused-ring (bicyclic) bond motifs is 3. The normalized spacial score (nSPS) is 15.4. The van der Waals surface area contributed by atoms with Gasteiger partial charge in [0.05, 0.1) is 33.2 Å². The smallest absolute Gasteiger partial charge is 0.416 e. The van der Waals surface area contributed by atoms with Gasteiger partial charge in [0.15, 0.2) is 21.3 Å². The van der Waals surface area contributed by atoms with Crippen molar-refractivity contribution in [3.63, 3.8) is 0 Å². The molecule has 6 aromatic rings. The number of alkyl halides is 3. The van der Waals surface area contributed by atoms with Crippen molar-refractivity contribution in [2.45, 2.75) is 50.1 Å². The largest absolute Gasteiger partial charge is 0.454 e. The lowest BCUT2D eigenvalue weighted by atomic mass is 10.1. The summed E-state index contributed by atoms with van der Waals surface area (Å²) in [7, 11) is -3.19. The van der Waals surface area contributed by atoms with Crippen molar-refractivity contribution in [3.8, 4) is 22.9 Å². The molecule has 0 radical (unpaired) electrons. The van der Waals surface area contributed by atoms with Gasteiger partial charge in [-0.3, -0.25) is 29.6 Å². The van der Waals surface area contributed by atoms with Crippen LogP contribution in [-0.2, 0) is 55.0 Å². The molecule has 0 atom stereocenters. The third-order valence-corrected chi connectivity index (χ3v) is 11.8. The quantitative estimate of drug-likeness (QED) is 0.193. The second-order valence-corrected chi connectivity index (χ2v) is 16.9. The maximum absolute atomic E-state index is 13.0. The number of halogens is 4. The van der Waals surface area contributed by atoms with Crippen molar-refractivity contribution in [1.29, 1.82) is 0 Å². The second kappa shape index (κ2) is 15.7. The molecule has 2 aromatic heterocycles. The van der Waals surface area contributed by atoms with Crippen molar-refractivity contribution in [3.05, 3.63) is 156 Å². The van der Waals surface area contributed by atoms with Crippen LogP contribution in [0.15, 0.2) is 105 Å². The van der Waals surface area contributed by atoms with Crippen molar-refractivity contribution < 1.29 is 31.1 Å². The number of ether oxygens (including phenoxy) is 2. The molecule has 0 unspecified atom stereocenters. The van der Waals surface area contributed by atoms with Gasteiger partial charge in [-0.1, -0.05) is 41.9 Å². The summed E-state index contributed by atoms with van der Waals surface area (Å²) < 4.78 is 75.8. The van der Waals surface area contributed by atoms with Gasteiger partial charge in [-0.05, 0) is 78.6 Å². The third kappa shape index (κ3) is 8.36. The minimum Gasteiger partial charge on any atom is -0.454 e. The molecule has 3 aliphatic heterocycles. The van der Waals surface area contributed by atoms with E-state index in [9.17, 15) is 31.2 Å². The molecule has 12 nitrogen and oxygen atoms in total. The van der Waals surface area contributed by atoms with Gasteiger partial charge in [0.2, 0.25) is 6.79 Å². The van der Waals surface area contributed by atoms with E-state index in [-0.39, 0.29) is 17.9 Å². The first-order valence-corrected chi connectivity index (χ1v) is 20.7. The summed E-state index contributed by atoms with van der Waals surface area (Å²) in [5, 5.41) is 7.00. The molecule has 17 heteroatoms. The van der Waals surface area contributed by atoms with E-state index in [0.717, 1.165) is 40.8 Å². The zero-order valence-electron chi connectivity index (χ0n) is 31.2. The zero-order chi connectivity index (χ0) is 40.8. The highest BCUT2D eigenvalue weighted by atomic mass is 35.5. The number of benzene rings is 4. The van der Waals surface area contributed by atoms with Crippen LogP contribution in [0, 0.1) is 0 Å². The highest BCUT2D eigenvalue weighted by Crippen LogP contribution is 2.34. The van der Waals surface area contributed by atoms with E-state index in [4.69, 9.17) is 21.1 Å². The van der Waals surface area contributed by atoms with Gasteiger partial charge < -0.3 is 9.47 Å². The number of rotatable bonds is 7. The SMILES string of the molecule is CS(=O)(=O)c1ccc(CN2CCc3c([nH]n(-c4ccc(Cl)cc4)c3=O)C2)cc1.O=c1c2c([nH]n1-c1ccc3c(c1)OCO3)CN(Cc1cccc(C(F)(F)F)c1)CC2. The standard InChI is InChI=1S/C21H18F3N3O3.C20H20ClN3O3S/c22-21(23,24)14-3-1-2-13(8-14)10-26-7-6-16-17(11-26)25-27(20(16)28)15-4-5-18-19(9-15)30-12-29-18;1-28(26,27)17-8-2-14(3-9-17)12-23-11-10-18-19(13-23)22-24(20(18)25)16-6-4-15(21)5-7-16/h1-5,8-9,25H,6-7,10-12H2;2-9,22H,10-13H2,1H3. The molecular weight excluding hydrogens is 797 g/mol. The fraction of sp³-hybridized carbons (Fsp3) is 0.268. The van der Waals surface area contributed by atoms with Crippen LogP contribution in [0.2, 0.25) is 5.02 Å². The van der Waals surface area contributed by atoms with Crippen LogP contribution < -0.4 is 20.6 Å². The maximum Gasteiger partial charge on any atom is 0.416 e. The molecular formula is C41H38ClF3N6O6S. The average Bonchev–Trinajstić information content (AvgIpc) is 3.89. The molecule has 0 saturated carbocycles. The Labute approximate surface area is 335 Å². The lowest BCUT2D eigenvalue weighted by Crippen LogP contribution is -2.31. The summed E-state index contributed by atoms with van der Waals surface area (Å²) in [6.07, 6.45) is -1.96. The molecule has 0 amide bonds. The Hall–Kier alpha value is -5.55. The van der Waals surface area contributed by atoms with Crippen molar-refractivity contribution in [2.24, 2.45) is 0 Å². The van der Waals surface area contributed by atoms with Crippen LogP contribution in [0.4, 0.5) is 13.2 Å². The van der Waals surface area contributed by atoms with Crippen LogP contribution in [0.3, 0.4) is 0 Å². The number of nitrogens with one attached hydrogen (secondary N) is 2. The average molecular weight is 835 g/mol. The first-order valence-electron chi connectivity index (χ1n) is 18.4. The number of H-pyrrole nitrogens is 2. The number of hydrogen-bond donors (Lipinski definition) is 2. The van der Waals surface area contributed by atoms with Gasteiger partial charge in [-0.25, -0.2) is 17.8 Å². The molecule has 302 valence electrons. The van der Waals surface area contributed by atoms with Gasteiger partial charge in [-0.2, -0.15) is 13.2 Å². The van der Waals surface area contributed by atoms with Gasteiger partial charge in [-0.15, -0.1) is 0 Å². The highest BCUT2D eigenvalue weighted by Gasteiger charge is 2.31. The first-order chi connectivity index (χ1) is 27.7. The summed E-state index contributed by atoms with van der Waals surface area (Å²) in [6.45, 7) is 3.68. The molecule has 58 heavy (non-hydrogen) atoms. The van der Waals surface area contributed by atoms with Gasteiger partial charge in [0, 0.05) is 67.7 Å². The lowest BCUT2D eigenvalue weighted by molar-refractivity contribution is -0.137. The van der Waals surface area contributed by atoms with E-state index in [1.54, 1.807) is 53.2 Å². The van der Waals surface area contributed by atoms with E-state index in [0.29, 0.717) is 83.8 Å². The van der Waals surface area contributed by atoms with E-state index >= 15 is 0 Å². The predicted molar refractivity (Wildman–Crippen MR) is 211 cm³/mol. The van der Waals surface area contributed by atoms with Gasteiger partial charge in [0.25, 0.3) is 11.1 Å². The minimum atomic E-state index is -4.36. The topological polar surface area (TPSA) is 135 Å². The van der Waals surface area contributed by atoms with E-state index in [2.05, 4.69) is 15.1 Å². The molecule has 0 saturated heterocycles. The van der Waals surface area contributed by atoms with Gasteiger partial charge in [0.1, 0.15) is 0 Å². The molecule has 0 spiro atoms. The van der Waals surface area contributed by atoms with Gasteiger partial charge >= 0.3 is 6.18 Å².